The van der Waals surface area contributed by atoms with Crippen LogP contribution in [0.3, 0.4) is 0 Å². The third-order valence-corrected chi connectivity index (χ3v) is 3.67. The zero-order valence-electron chi connectivity index (χ0n) is 11.9. The first-order chi connectivity index (χ1) is 8.63. The molecule has 4 heteroatoms. The Morgan fingerprint density at radius 3 is 2.72 bits per heavy atom. The highest BCUT2D eigenvalue weighted by molar-refractivity contribution is 7.99. The van der Waals surface area contributed by atoms with E-state index in [9.17, 15) is 0 Å². The minimum Gasteiger partial charge on any atom is -0.309 e. The van der Waals surface area contributed by atoms with E-state index in [0.717, 1.165) is 31.0 Å². The molecule has 0 radical (unpaired) electrons. The van der Waals surface area contributed by atoms with Crippen LogP contribution in [0.15, 0.2) is 23.2 Å². The van der Waals surface area contributed by atoms with E-state index < -0.39 is 0 Å². The van der Waals surface area contributed by atoms with E-state index in [-0.39, 0.29) is 0 Å². The van der Waals surface area contributed by atoms with Crippen molar-refractivity contribution in [1.82, 2.24) is 15.2 Å². The molecule has 0 bridgehead atoms. The molecule has 1 heterocycles. The van der Waals surface area contributed by atoms with Crippen molar-refractivity contribution in [3.8, 4) is 0 Å². The van der Waals surface area contributed by atoms with Crippen LogP contribution >= 0.6 is 11.8 Å². The van der Waals surface area contributed by atoms with Gasteiger partial charge in [-0.2, -0.15) is 0 Å². The fourth-order valence-electron chi connectivity index (χ4n) is 1.54. The second-order valence-electron chi connectivity index (χ2n) is 4.75. The molecule has 0 aliphatic rings. The van der Waals surface area contributed by atoms with E-state index in [0.29, 0.717) is 6.04 Å². The van der Waals surface area contributed by atoms with Crippen molar-refractivity contribution >= 4 is 11.8 Å². The molecule has 1 atom stereocenters. The summed E-state index contributed by atoms with van der Waals surface area (Å²) in [7, 11) is 4.20. The number of nitrogens with zero attached hydrogens (tertiary/aromatic N) is 2. The Morgan fingerprint density at radius 2 is 2.17 bits per heavy atom. The van der Waals surface area contributed by atoms with Crippen molar-refractivity contribution < 1.29 is 0 Å². The van der Waals surface area contributed by atoms with Gasteiger partial charge in [0.2, 0.25) is 0 Å². The fraction of sp³-hybridized carbons (Fsp3) is 0.643. The van der Waals surface area contributed by atoms with Gasteiger partial charge in [0.15, 0.2) is 0 Å². The van der Waals surface area contributed by atoms with Gasteiger partial charge in [-0.05, 0) is 46.1 Å². The van der Waals surface area contributed by atoms with Crippen LogP contribution < -0.4 is 5.32 Å². The van der Waals surface area contributed by atoms with E-state index in [1.54, 1.807) is 0 Å². The molecule has 1 unspecified atom stereocenters. The molecule has 1 N–H and O–H groups in total. The van der Waals surface area contributed by atoms with Crippen LogP contribution in [-0.4, -0.2) is 42.8 Å². The molecular formula is C14H25N3S. The highest BCUT2D eigenvalue weighted by atomic mass is 32.2. The van der Waals surface area contributed by atoms with Gasteiger partial charge in [0, 0.05) is 29.4 Å². The maximum atomic E-state index is 4.53. The first kappa shape index (κ1) is 15.5. The number of rotatable bonds is 8. The van der Waals surface area contributed by atoms with Crippen LogP contribution in [0.1, 0.15) is 32.0 Å². The Balaban J connectivity index is 2.41. The van der Waals surface area contributed by atoms with Gasteiger partial charge >= 0.3 is 0 Å². The zero-order chi connectivity index (χ0) is 13.4. The van der Waals surface area contributed by atoms with Crippen LogP contribution in [0.5, 0.6) is 0 Å². The van der Waals surface area contributed by atoms with Crippen molar-refractivity contribution in [3.63, 3.8) is 0 Å². The lowest BCUT2D eigenvalue weighted by Gasteiger charge is -2.13. The standard InChI is InChI=1S/C14H25N3S/c1-5-8-15-12(2)14-7-6-13(11-16-14)18-10-9-17(3)4/h6-7,11-12,15H,5,8-10H2,1-4H3. The topological polar surface area (TPSA) is 28.2 Å². The number of nitrogens with one attached hydrogen (secondary N) is 1. The van der Waals surface area contributed by atoms with E-state index >= 15 is 0 Å². The quantitative estimate of drug-likeness (QED) is 0.733. The largest absolute Gasteiger partial charge is 0.309 e. The summed E-state index contributed by atoms with van der Waals surface area (Å²) in [5.74, 6) is 1.11. The maximum absolute atomic E-state index is 4.53. The minimum absolute atomic E-state index is 0.339. The molecular weight excluding hydrogens is 242 g/mol. The molecule has 18 heavy (non-hydrogen) atoms. The maximum Gasteiger partial charge on any atom is 0.0571 e. The number of hydrogen-bond donors (Lipinski definition) is 1. The van der Waals surface area contributed by atoms with Crippen LogP contribution in [-0.2, 0) is 0 Å². The average molecular weight is 267 g/mol. The van der Waals surface area contributed by atoms with Gasteiger partial charge in [-0.3, -0.25) is 4.98 Å². The first-order valence-corrected chi connectivity index (χ1v) is 7.59. The molecule has 3 nitrogen and oxygen atoms in total. The number of thioether (sulfide) groups is 1. The highest BCUT2D eigenvalue weighted by Crippen LogP contribution is 2.18. The third-order valence-electron chi connectivity index (χ3n) is 2.71. The monoisotopic (exact) mass is 267 g/mol. The van der Waals surface area contributed by atoms with Crippen LogP contribution in [0, 0.1) is 0 Å². The van der Waals surface area contributed by atoms with Crippen molar-refractivity contribution in [2.75, 3.05) is 32.9 Å². The predicted molar refractivity (Wildman–Crippen MR) is 80.2 cm³/mol. The van der Waals surface area contributed by atoms with Gasteiger partial charge in [-0.15, -0.1) is 11.8 Å². The van der Waals surface area contributed by atoms with Gasteiger partial charge in [-0.25, -0.2) is 0 Å². The van der Waals surface area contributed by atoms with Crippen molar-refractivity contribution in [2.45, 2.75) is 31.2 Å². The lowest BCUT2D eigenvalue weighted by atomic mass is 10.2. The molecule has 1 aromatic heterocycles. The molecule has 0 aromatic carbocycles. The summed E-state index contributed by atoms with van der Waals surface area (Å²) < 4.78 is 0. The van der Waals surface area contributed by atoms with Crippen molar-refractivity contribution in [1.29, 1.82) is 0 Å². The van der Waals surface area contributed by atoms with E-state index in [1.165, 1.54) is 4.90 Å². The third kappa shape index (κ3) is 5.85. The summed E-state index contributed by atoms with van der Waals surface area (Å²) in [5, 5.41) is 3.45. The van der Waals surface area contributed by atoms with E-state index in [2.05, 4.69) is 55.3 Å². The Hall–Kier alpha value is -0.580. The van der Waals surface area contributed by atoms with E-state index in [4.69, 9.17) is 0 Å². The van der Waals surface area contributed by atoms with E-state index in [1.807, 2.05) is 18.0 Å². The second kappa shape index (κ2) is 8.51. The number of hydrogen-bond acceptors (Lipinski definition) is 4. The summed E-state index contributed by atoms with van der Waals surface area (Å²) in [4.78, 5) is 7.99. The summed E-state index contributed by atoms with van der Waals surface area (Å²) in [5.41, 5.74) is 1.13. The molecule has 1 aromatic rings. The molecule has 102 valence electrons. The Morgan fingerprint density at radius 1 is 1.39 bits per heavy atom. The van der Waals surface area contributed by atoms with Crippen LogP contribution in [0.25, 0.3) is 0 Å². The smallest absolute Gasteiger partial charge is 0.0571 e. The molecule has 0 fully saturated rings. The average Bonchev–Trinajstić information content (AvgIpc) is 2.36. The molecule has 0 aliphatic carbocycles. The Kier molecular flexibility index (Phi) is 7.32. The van der Waals surface area contributed by atoms with Crippen LogP contribution in [0.2, 0.25) is 0 Å². The van der Waals surface area contributed by atoms with Gasteiger partial charge in [0.05, 0.1) is 5.69 Å². The Bertz CT molecular complexity index is 324. The zero-order valence-corrected chi connectivity index (χ0v) is 12.8. The lowest BCUT2D eigenvalue weighted by Crippen LogP contribution is -2.20. The van der Waals surface area contributed by atoms with Gasteiger partial charge in [-0.1, -0.05) is 6.92 Å². The first-order valence-electron chi connectivity index (χ1n) is 6.60. The highest BCUT2D eigenvalue weighted by Gasteiger charge is 2.05. The molecule has 0 amide bonds. The normalized spacial score (nSPS) is 12.9. The summed E-state index contributed by atoms with van der Waals surface area (Å²) in [6.45, 7) is 6.48. The van der Waals surface area contributed by atoms with Crippen molar-refractivity contribution in [3.05, 3.63) is 24.0 Å². The molecule has 0 aliphatic heterocycles. The number of aromatic nitrogens is 1. The molecule has 0 saturated carbocycles. The molecule has 1 rings (SSSR count). The van der Waals surface area contributed by atoms with Gasteiger partial charge < -0.3 is 10.2 Å². The van der Waals surface area contributed by atoms with Gasteiger partial charge in [0.1, 0.15) is 0 Å². The predicted octanol–water partition coefficient (Wildman–Crippen LogP) is 2.80. The Labute approximate surface area is 115 Å². The lowest BCUT2D eigenvalue weighted by molar-refractivity contribution is 0.437. The van der Waals surface area contributed by atoms with Crippen LogP contribution in [0.4, 0.5) is 0 Å². The van der Waals surface area contributed by atoms with Gasteiger partial charge in [0.25, 0.3) is 0 Å². The number of pyridine rings is 1. The molecule has 0 saturated heterocycles. The second-order valence-corrected chi connectivity index (χ2v) is 5.91. The molecule has 0 spiro atoms. The summed E-state index contributed by atoms with van der Waals surface area (Å²) >= 11 is 1.86. The minimum atomic E-state index is 0.339. The summed E-state index contributed by atoms with van der Waals surface area (Å²) in [6, 6.07) is 4.64. The summed E-state index contributed by atoms with van der Waals surface area (Å²) in [6.07, 6.45) is 3.14. The SMILES string of the molecule is CCCNC(C)c1ccc(SCCN(C)C)cn1. The van der Waals surface area contributed by atoms with Crippen molar-refractivity contribution in [2.24, 2.45) is 0 Å². The fourth-order valence-corrected chi connectivity index (χ4v) is 2.53.